The molecule has 80 valence electrons. The highest BCUT2D eigenvalue weighted by Gasteiger charge is 2.07. The number of hydrogen-bond acceptors (Lipinski definition) is 1. The maximum atomic E-state index is 3.28. The summed E-state index contributed by atoms with van der Waals surface area (Å²) >= 11 is 0. The zero-order valence-corrected chi connectivity index (χ0v) is 9.84. The summed E-state index contributed by atoms with van der Waals surface area (Å²) in [4.78, 5) is 2.51. The van der Waals surface area contributed by atoms with Crippen molar-refractivity contribution in [2.45, 2.75) is 40.0 Å². The molecule has 0 bridgehead atoms. The Kier molecular flexibility index (Phi) is 4.44. The first-order chi connectivity index (χ1) is 6.58. The fourth-order valence-electron chi connectivity index (χ4n) is 1.63. The molecule has 1 aliphatic heterocycles. The maximum absolute atomic E-state index is 3.28. The lowest BCUT2D eigenvalue weighted by molar-refractivity contribution is 0.251. The van der Waals surface area contributed by atoms with Crippen LogP contribution in [0, 0.1) is 5.41 Å². The first-order valence-electron chi connectivity index (χ1n) is 5.72. The van der Waals surface area contributed by atoms with Crippen LogP contribution in [0.25, 0.3) is 0 Å². The Morgan fingerprint density at radius 3 is 2.36 bits per heavy atom. The molecule has 1 heteroatoms. The van der Waals surface area contributed by atoms with Crippen LogP contribution in [0.15, 0.2) is 17.9 Å². The largest absolute Gasteiger partial charge is 0.299 e. The van der Waals surface area contributed by atoms with Crippen LogP contribution in [0.4, 0.5) is 0 Å². The summed E-state index contributed by atoms with van der Waals surface area (Å²) in [5, 5.41) is 0. The molecule has 0 radical (unpaired) electrons. The van der Waals surface area contributed by atoms with E-state index in [2.05, 4.69) is 43.6 Å². The van der Waals surface area contributed by atoms with Gasteiger partial charge in [0.2, 0.25) is 0 Å². The number of likely N-dealkylation sites (tertiary alicyclic amines) is 1. The van der Waals surface area contributed by atoms with Crippen LogP contribution in [0.2, 0.25) is 0 Å². The van der Waals surface area contributed by atoms with E-state index in [0.29, 0.717) is 0 Å². The van der Waals surface area contributed by atoms with E-state index >= 15 is 0 Å². The molecule has 0 aromatic rings. The first-order valence-corrected chi connectivity index (χ1v) is 5.72. The zero-order valence-electron chi connectivity index (χ0n) is 9.84. The second-order valence-electron chi connectivity index (χ2n) is 5.24. The summed E-state index contributed by atoms with van der Waals surface area (Å²) in [6, 6.07) is 0. The third-order valence-corrected chi connectivity index (χ3v) is 2.43. The highest BCUT2D eigenvalue weighted by Crippen LogP contribution is 2.13. The van der Waals surface area contributed by atoms with E-state index in [0.717, 1.165) is 6.54 Å². The van der Waals surface area contributed by atoms with Crippen molar-refractivity contribution in [2.24, 2.45) is 5.41 Å². The Balaban J connectivity index is 2.28. The second kappa shape index (κ2) is 5.38. The topological polar surface area (TPSA) is 3.24 Å². The van der Waals surface area contributed by atoms with E-state index < -0.39 is 0 Å². The normalized spacial score (nSPS) is 18.8. The molecule has 0 aromatic carbocycles. The van der Waals surface area contributed by atoms with E-state index in [1.54, 1.807) is 0 Å². The lowest BCUT2D eigenvalue weighted by Crippen LogP contribution is -2.29. The summed E-state index contributed by atoms with van der Waals surface area (Å²) in [5.41, 5.74) is 3.54. The van der Waals surface area contributed by atoms with Gasteiger partial charge in [-0.1, -0.05) is 27.2 Å². The number of piperidine rings is 1. The van der Waals surface area contributed by atoms with Crippen LogP contribution in [-0.2, 0) is 0 Å². The van der Waals surface area contributed by atoms with Gasteiger partial charge in [-0.25, -0.2) is 0 Å². The van der Waals surface area contributed by atoms with E-state index in [4.69, 9.17) is 0 Å². The molecule has 0 aromatic heterocycles. The highest BCUT2D eigenvalue weighted by atomic mass is 15.1. The van der Waals surface area contributed by atoms with Gasteiger partial charge >= 0.3 is 0 Å². The standard InChI is InChI=1S/C13H23N/c1-13(2,3)9-5-8-12-14-10-6-4-7-11-14/h8-9H,4,6-7,10-12H2,1-3H3. The minimum atomic E-state index is 0.262. The van der Waals surface area contributed by atoms with Crippen molar-refractivity contribution in [2.75, 3.05) is 19.6 Å². The summed E-state index contributed by atoms with van der Waals surface area (Å²) in [5.74, 6) is 0. The van der Waals surface area contributed by atoms with Crippen molar-refractivity contribution in [3.8, 4) is 0 Å². The SMILES string of the molecule is CC(C)(C)C=C=CCN1CCCCC1. The molecule has 1 fully saturated rings. The van der Waals surface area contributed by atoms with Gasteiger partial charge < -0.3 is 0 Å². The molecule has 1 saturated heterocycles. The molecular weight excluding hydrogens is 170 g/mol. The van der Waals surface area contributed by atoms with Crippen LogP contribution in [0.3, 0.4) is 0 Å². The molecule has 1 heterocycles. The van der Waals surface area contributed by atoms with Gasteiger partial charge in [0.25, 0.3) is 0 Å². The molecule has 14 heavy (non-hydrogen) atoms. The summed E-state index contributed by atoms with van der Waals surface area (Å²) in [7, 11) is 0. The zero-order chi connectivity index (χ0) is 10.4. The summed E-state index contributed by atoms with van der Waals surface area (Å²) in [6.45, 7) is 10.2. The Morgan fingerprint density at radius 1 is 1.14 bits per heavy atom. The molecule has 0 atom stereocenters. The molecule has 0 N–H and O–H groups in total. The van der Waals surface area contributed by atoms with E-state index in [-0.39, 0.29) is 5.41 Å². The average molecular weight is 193 g/mol. The molecule has 1 rings (SSSR count). The van der Waals surface area contributed by atoms with Gasteiger partial charge in [0, 0.05) is 6.54 Å². The fourth-order valence-corrected chi connectivity index (χ4v) is 1.63. The van der Waals surface area contributed by atoms with Crippen molar-refractivity contribution in [1.82, 2.24) is 4.90 Å². The van der Waals surface area contributed by atoms with E-state index in [9.17, 15) is 0 Å². The predicted octanol–water partition coefficient (Wildman–Crippen LogP) is 3.23. The number of nitrogens with zero attached hydrogens (tertiary/aromatic N) is 1. The summed E-state index contributed by atoms with van der Waals surface area (Å²) in [6.07, 6.45) is 8.47. The Morgan fingerprint density at radius 2 is 1.79 bits per heavy atom. The summed E-state index contributed by atoms with van der Waals surface area (Å²) < 4.78 is 0. The van der Waals surface area contributed by atoms with Gasteiger partial charge in [-0.2, -0.15) is 0 Å². The van der Waals surface area contributed by atoms with Crippen LogP contribution in [0.5, 0.6) is 0 Å². The van der Waals surface area contributed by atoms with Crippen LogP contribution in [0.1, 0.15) is 40.0 Å². The van der Waals surface area contributed by atoms with Crippen LogP contribution in [-0.4, -0.2) is 24.5 Å². The van der Waals surface area contributed by atoms with Crippen LogP contribution < -0.4 is 0 Å². The quantitative estimate of drug-likeness (QED) is 0.609. The lowest BCUT2D eigenvalue weighted by atomic mass is 9.97. The van der Waals surface area contributed by atoms with Crippen LogP contribution >= 0.6 is 0 Å². The second-order valence-corrected chi connectivity index (χ2v) is 5.24. The van der Waals surface area contributed by atoms with Gasteiger partial charge in [-0.05, 0) is 43.5 Å². The minimum absolute atomic E-state index is 0.262. The fraction of sp³-hybridized carbons (Fsp3) is 0.769. The highest BCUT2D eigenvalue weighted by molar-refractivity contribution is 4.94. The number of hydrogen-bond donors (Lipinski definition) is 0. The smallest absolute Gasteiger partial charge is 0.0238 e. The van der Waals surface area contributed by atoms with Gasteiger partial charge in [0.15, 0.2) is 0 Å². The molecular formula is C13H23N. The molecule has 1 nitrogen and oxygen atoms in total. The predicted molar refractivity (Wildman–Crippen MR) is 62.4 cm³/mol. The van der Waals surface area contributed by atoms with Gasteiger partial charge in [-0.3, -0.25) is 4.90 Å². The first kappa shape index (κ1) is 11.6. The maximum Gasteiger partial charge on any atom is 0.0238 e. The Labute approximate surface area is 88.5 Å². The molecule has 0 amide bonds. The molecule has 0 spiro atoms. The third-order valence-electron chi connectivity index (χ3n) is 2.43. The van der Waals surface area contributed by atoms with Crippen molar-refractivity contribution in [3.05, 3.63) is 17.9 Å². The van der Waals surface area contributed by atoms with E-state index in [1.165, 1.54) is 32.4 Å². The van der Waals surface area contributed by atoms with Crippen molar-refractivity contribution < 1.29 is 0 Å². The lowest BCUT2D eigenvalue weighted by Gasteiger charge is -2.24. The number of rotatable bonds is 2. The molecule has 0 saturated carbocycles. The Hall–Kier alpha value is -0.520. The average Bonchev–Trinajstić information content (AvgIpc) is 2.13. The van der Waals surface area contributed by atoms with Crippen molar-refractivity contribution in [3.63, 3.8) is 0 Å². The molecule has 1 aliphatic rings. The molecule has 0 aliphatic carbocycles. The van der Waals surface area contributed by atoms with Crippen molar-refractivity contribution in [1.29, 1.82) is 0 Å². The Bertz CT molecular complexity index is 210. The van der Waals surface area contributed by atoms with E-state index in [1.807, 2.05) is 0 Å². The van der Waals surface area contributed by atoms with Crippen molar-refractivity contribution >= 4 is 0 Å². The third kappa shape index (κ3) is 5.26. The molecule has 0 unspecified atom stereocenters. The van der Waals surface area contributed by atoms with Gasteiger partial charge in [-0.15, -0.1) is 5.73 Å². The monoisotopic (exact) mass is 193 g/mol. The minimum Gasteiger partial charge on any atom is -0.299 e. The van der Waals surface area contributed by atoms with Gasteiger partial charge in [0.05, 0.1) is 0 Å². The van der Waals surface area contributed by atoms with Gasteiger partial charge in [0.1, 0.15) is 0 Å².